The van der Waals surface area contributed by atoms with Crippen molar-refractivity contribution in [3.8, 4) is 6.07 Å². The number of nitrogens with zero attached hydrogens (tertiary/aromatic N) is 3. The Labute approximate surface area is 173 Å². The second kappa shape index (κ2) is 8.82. The van der Waals surface area contributed by atoms with Crippen molar-refractivity contribution in [3.63, 3.8) is 0 Å². The molecule has 1 aliphatic carbocycles. The van der Waals surface area contributed by atoms with Crippen molar-refractivity contribution < 1.29 is 13.2 Å². The largest absolute Gasteiger partial charge is 0.337 e. The van der Waals surface area contributed by atoms with Gasteiger partial charge in [0.1, 0.15) is 5.54 Å². The van der Waals surface area contributed by atoms with Gasteiger partial charge in [-0.05, 0) is 49.8 Å². The first-order valence-corrected chi connectivity index (χ1v) is 11.8. The number of hydrogen-bond acceptors (Lipinski definition) is 5. The van der Waals surface area contributed by atoms with Gasteiger partial charge < -0.3 is 5.32 Å². The third kappa shape index (κ3) is 5.16. The molecule has 2 fully saturated rings. The van der Waals surface area contributed by atoms with Gasteiger partial charge in [0, 0.05) is 26.2 Å². The molecule has 7 nitrogen and oxygen atoms in total. The molecule has 0 spiro atoms. The van der Waals surface area contributed by atoms with Gasteiger partial charge in [-0.15, -0.1) is 0 Å². The number of rotatable bonds is 8. The number of piperazine rings is 1. The number of amides is 1. The third-order valence-electron chi connectivity index (χ3n) is 5.82. The van der Waals surface area contributed by atoms with Gasteiger partial charge in [0.2, 0.25) is 15.9 Å². The van der Waals surface area contributed by atoms with E-state index in [0.717, 1.165) is 31.2 Å². The number of carbonyl (C=O) groups is 1. The van der Waals surface area contributed by atoms with Crippen molar-refractivity contribution in [3.05, 3.63) is 29.8 Å². The van der Waals surface area contributed by atoms with Crippen LogP contribution < -0.4 is 5.32 Å². The molecule has 1 amide bonds. The van der Waals surface area contributed by atoms with Crippen molar-refractivity contribution in [2.24, 2.45) is 5.92 Å². The predicted octanol–water partition coefficient (Wildman–Crippen LogP) is 1.75. The fraction of sp³-hybridized carbons (Fsp3) is 0.619. The van der Waals surface area contributed by atoms with Gasteiger partial charge in [-0.1, -0.05) is 25.5 Å². The van der Waals surface area contributed by atoms with Gasteiger partial charge in [-0.25, -0.2) is 8.42 Å². The van der Waals surface area contributed by atoms with Gasteiger partial charge in [-0.2, -0.15) is 9.57 Å². The molecule has 158 valence electrons. The van der Waals surface area contributed by atoms with Crippen molar-refractivity contribution in [1.82, 2.24) is 14.5 Å². The molecule has 1 aromatic rings. The van der Waals surface area contributed by atoms with E-state index in [0.29, 0.717) is 31.1 Å². The molecule has 1 saturated carbocycles. The minimum Gasteiger partial charge on any atom is -0.337 e. The SMILES string of the molecule is CCCc1ccc(S(=O)(=O)N2CCN(CC(=O)N[C@@](C)(C#N)C3CC3)CC2)cc1. The maximum Gasteiger partial charge on any atom is 0.243 e. The van der Waals surface area contributed by atoms with Gasteiger partial charge in [-0.3, -0.25) is 9.69 Å². The summed E-state index contributed by atoms with van der Waals surface area (Å²) in [7, 11) is -3.52. The zero-order chi connectivity index (χ0) is 21.1. The fourth-order valence-electron chi connectivity index (χ4n) is 3.81. The van der Waals surface area contributed by atoms with Crippen molar-refractivity contribution in [1.29, 1.82) is 5.26 Å². The summed E-state index contributed by atoms with van der Waals surface area (Å²) in [4.78, 5) is 14.6. The molecule has 0 bridgehead atoms. The van der Waals surface area contributed by atoms with E-state index >= 15 is 0 Å². The number of nitriles is 1. The summed E-state index contributed by atoms with van der Waals surface area (Å²) in [6.45, 7) is 5.75. The summed E-state index contributed by atoms with van der Waals surface area (Å²) in [6.07, 6.45) is 3.91. The second-order valence-corrected chi connectivity index (χ2v) is 10.1. The summed E-state index contributed by atoms with van der Waals surface area (Å²) < 4.78 is 27.3. The highest BCUT2D eigenvalue weighted by atomic mass is 32.2. The monoisotopic (exact) mass is 418 g/mol. The lowest BCUT2D eigenvalue weighted by molar-refractivity contribution is -0.123. The Morgan fingerprint density at radius 2 is 1.83 bits per heavy atom. The summed E-state index contributed by atoms with van der Waals surface area (Å²) in [5.74, 6) is 0.0610. The first-order valence-electron chi connectivity index (χ1n) is 10.3. The van der Waals surface area contributed by atoms with E-state index in [1.54, 1.807) is 19.1 Å². The molecule has 3 rings (SSSR count). The van der Waals surface area contributed by atoms with Crippen LogP contribution in [-0.4, -0.2) is 61.8 Å². The van der Waals surface area contributed by atoms with Crippen LogP contribution in [0, 0.1) is 17.2 Å². The van der Waals surface area contributed by atoms with Crippen molar-refractivity contribution in [2.75, 3.05) is 32.7 Å². The maximum absolute atomic E-state index is 12.9. The molecule has 29 heavy (non-hydrogen) atoms. The van der Waals surface area contributed by atoms with Crippen LogP contribution in [0.25, 0.3) is 0 Å². The van der Waals surface area contributed by atoms with Crippen LogP contribution in [0.4, 0.5) is 0 Å². The highest BCUT2D eigenvalue weighted by Crippen LogP contribution is 2.39. The second-order valence-electron chi connectivity index (χ2n) is 8.21. The smallest absolute Gasteiger partial charge is 0.243 e. The molecule has 0 unspecified atom stereocenters. The lowest BCUT2D eigenvalue weighted by atomic mass is 9.98. The lowest BCUT2D eigenvalue weighted by Crippen LogP contribution is -2.54. The number of benzene rings is 1. The number of sulfonamides is 1. The zero-order valence-electron chi connectivity index (χ0n) is 17.2. The minimum absolute atomic E-state index is 0.177. The standard InChI is InChI=1S/C21H30N4O3S/c1-3-4-17-5-9-19(10-6-17)29(27,28)25-13-11-24(12-14-25)15-20(26)23-21(2,16-22)18-7-8-18/h5-6,9-10,18H,3-4,7-8,11-15H2,1-2H3,(H,23,26)/t21-/m0/s1. The Balaban J connectivity index is 1.53. The van der Waals surface area contributed by atoms with Crippen molar-refractivity contribution in [2.45, 2.75) is 50.0 Å². The fourth-order valence-corrected chi connectivity index (χ4v) is 5.23. The molecule has 1 aliphatic heterocycles. The molecule has 2 aliphatic rings. The minimum atomic E-state index is -3.52. The molecule has 1 atom stereocenters. The molecular weight excluding hydrogens is 388 g/mol. The van der Waals surface area contributed by atoms with E-state index in [4.69, 9.17) is 0 Å². The zero-order valence-corrected chi connectivity index (χ0v) is 18.0. The van der Waals surface area contributed by atoms with Crippen LogP contribution in [0.5, 0.6) is 0 Å². The number of nitrogens with one attached hydrogen (secondary N) is 1. The Morgan fingerprint density at radius 1 is 1.21 bits per heavy atom. The van der Waals surface area contributed by atoms with E-state index < -0.39 is 15.6 Å². The Hall–Kier alpha value is -1.95. The molecule has 1 saturated heterocycles. The molecule has 1 N–H and O–H groups in total. The average Bonchev–Trinajstić information content (AvgIpc) is 3.55. The summed E-state index contributed by atoms with van der Waals surface area (Å²) in [5.41, 5.74) is 0.337. The van der Waals surface area contributed by atoms with E-state index in [1.165, 1.54) is 4.31 Å². The van der Waals surface area contributed by atoms with Gasteiger partial charge in [0.15, 0.2) is 0 Å². The van der Waals surface area contributed by atoms with Crippen LogP contribution in [0.2, 0.25) is 0 Å². The molecular formula is C21H30N4O3S. The van der Waals surface area contributed by atoms with E-state index in [1.807, 2.05) is 17.0 Å². The highest BCUT2D eigenvalue weighted by Gasteiger charge is 2.43. The molecule has 0 radical (unpaired) electrons. The van der Waals surface area contributed by atoms with Crippen LogP contribution >= 0.6 is 0 Å². The summed E-state index contributed by atoms with van der Waals surface area (Å²) in [5, 5.41) is 12.2. The topological polar surface area (TPSA) is 93.5 Å². The normalized spacial score (nSPS) is 20.6. The predicted molar refractivity (Wildman–Crippen MR) is 111 cm³/mol. The highest BCUT2D eigenvalue weighted by molar-refractivity contribution is 7.89. The Bertz CT molecular complexity index is 866. The first-order chi connectivity index (χ1) is 13.8. The molecule has 8 heteroatoms. The number of hydrogen-bond donors (Lipinski definition) is 1. The van der Waals surface area contributed by atoms with Crippen LogP contribution in [0.15, 0.2) is 29.2 Å². The summed E-state index contributed by atoms with van der Waals surface area (Å²) in [6, 6.07) is 9.35. The lowest BCUT2D eigenvalue weighted by Gasteiger charge is -2.34. The first kappa shape index (κ1) is 21.8. The van der Waals surface area contributed by atoms with Crippen LogP contribution in [-0.2, 0) is 21.2 Å². The number of carbonyl (C=O) groups excluding carboxylic acids is 1. The molecule has 0 aromatic heterocycles. The maximum atomic E-state index is 12.9. The van der Waals surface area contributed by atoms with Gasteiger partial charge >= 0.3 is 0 Å². The van der Waals surface area contributed by atoms with E-state index in [-0.39, 0.29) is 18.4 Å². The van der Waals surface area contributed by atoms with Gasteiger partial charge in [0.05, 0.1) is 17.5 Å². The third-order valence-corrected chi connectivity index (χ3v) is 7.74. The average molecular weight is 419 g/mol. The molecule has 1 heterocycles. The summed E-state index contributed by atoms with van der Waals surface area (Å²) >= 11 is 0. The van der Waals surface area contributed by atoms with Crippen molar-refractivity contribution >= 4 is 15.9 Å². The van der Waals surface area contributed by atoms with Crippen LogP contribution in [0.1, 0.15) is 38.7 Å². The molecule has 1 aromatic carbocycles. The van der Waals surface area contributed by atoms with E-state index in [2.05, 4.69) is 18.3 Å². The quantitative estimate of drug-likeness (QED) is 0.694. The van der Waals surface area contributed by atoms with E-state index in [9.17, 15) is 18.5 Å². The Kier molecular flexibility index (Phi) is 6.62. The van der Waals surface area contributed by atoms with Crippen LogP contribution in [0.3, 0.4) is 0 Å². The number of aryl methyl sites for hydroxylation is 1. The Morgan fingerprint density at radius 3 is 2.34 bits per heavy atom. The van der Waals surface area contributed by atoms with Gasteiger partial charge in [0.25, 0.3) is 0 Å².